The molecule has 2 rings (SSSR count). The van der Waals surface area contributed by atoms with E-state index >= 15 is 0 Å². The molecule has 0 aliphatic carbocycles. The predicted octanol–water partition coefficient (Wildman–Crippen LogP) is 1.87. The number of pyridine rings is 1. The molecule has 0 bridgehead atoms. The van der Waals surface area contributed by atoms with E-state index in [2.05, 4.69) is 15.0 Å². The van der Waals surface area contributed by atoms with Crippen molar-refractivity contribution in [1.82, 2.24) is 15.0 Å². The van der Waals surface area contributed by atoms with E-state index < -0.39 is 0 Å². The number of nitrogens with two attached hydrogens (primary N) is 1. The van der Waals surface area contributed by atoms with E-state index in [1.54, 1.807) is 18.6 Å². The first-order valence-electron chi connectivity index (χ1n) is 5.18. The van der Waals surface area contributed by atoms with Crippen LogP contribution < -0.4 is 5.73 Å². The maximum Gasteiger partial charge on any atom is 0.160 e. The number of hydrogen-bond acceptors (Lipinski definition) is 4. The zero-order valence-corrected chi connectivity index (χ0v) is 9.38. The molecular formula is C12H14N4. The summed E-state index contributed by atoms with van der Waals surface area (Å²) < 4.78 is 0. The van der Waals surface area contributed by atoms with Gasteiger partial charge >= 0.3 is 0 Å². The van der Waals surface area contributed by atoms with E-state index in [1.165, 1.54) is 0 Å². The van der Waals surface area contributed by atoms with Crippen LogP contribution in [0.3, 0.4) is 0 Å². The van der Waals surface area contributed by atoms with Gasteiger partial charge in [0.2, 0.25) is 0 Å². The highest BCUT2D eigenvalue weighted by atomic mass is 14.9. The van der Waals surface area contributed by atoms with Crippen LogP contribution in [0, 0.1) is 6.92 Å². The lowest BCUT2D eigenvalue weighted by Crippen LogP contribution is -2.09. The first kappa shape index (κ1) is 10.7. The molecule has 0 fully saturated rings. The number of aromatic nitrogens is 3. The molecule has 0 saturated heterocycles. The standard InChI is InChI=1S/C12H14N4/c1-8(13)11-7-15-12(16-9(11)2)10-4-3-5-14-6-10/h3-8H,13H2,1-2H3/t8-/m0/s1. The van der Waals surface area contributed by atoms with Gasteiger partial charge in [0.25, 0.3) is 0 Å². The van der Waals surface area contributed by atoms with Gasteiger partial charge in [0.15, 0.2) is 5.82 Å². The van der Waals surface area contributed by atoms with Gasteiger partial charge in [-0.2, -0.15) is 0 Å². The molecule has 0 aliphatic heterocycles. The summed E-state index contributed by atoms with van der Waals surface area (Å²) in [5.41, 5.74) is 8.63. The minimum Gasteiger partial charge on any atom is -0.324 e. The Bertz CT molecular complexity index is 480. The smallest absolute Gasteiger partial charge is 0.160 e. The van der Waals surface area contributed by atoms with Crippen LogP contribution in [0.4, 0.5) is 0 Å². The first-order valence-corrected chi connectivity index (χ1v) is 5.18. The Kier molecular flexibility index (Phi) is 2.92. The quantitative estimate of drug-likeness (QED) is 0.828. The fraction of sp³-hybridized carbons (Fsp3) is 0.250. The van der Waals surface area contributed by atoms with Gasteiger partial charge in [0, 0.05) is 41.5 Å². The van der Waals surface area contributed by atoms with E-state index in [-0.39, 0.29) is 6.04 Å². The lowest BCUT2D eigenvalue weighted by Gasteiger charge is -2.09. The summed E-state index contributed by atoms with van der Waals surface area (Å²) in [6.45, 7) is 3.87. The Balaban J connectivity index is 2.43. The van der Waals surface area contributed by atoms with Crippen molar-refractivity contribution < 1.29 is 0 Å². The summed E-state index contributed by atoms with van der Waals surface area (Å²) in [4.78, 5) is 12.8. The van der Waals surface area contributed by atoms with Crippen molar-refractivity contribution in [3.8, 4) is 11.4 Å². The van der Waals surface area contributed by atoms with Gasteiger partial charge in [-0.15, -0.1) is 0 Å². The normalized spacial score (nSPS) is 12.4. The maximum absolute atomic E-state index is 5.81. The van der Waals surface area contributed by atoms with Crippen LogP contribution in [-0.2, 0) is 0 Å². The average Bonchev–Trinajstić information content (AvgIpc) is 2.29. The molecule has 1 atom stereocenters. The molecule has 2 aromatic heterocycles. The molecule has 2 aromatic rings. The summed E-state index contributed by atoms with van der Waals surface area (Å²) in [6, 6.07) is 3.77. The van der Waals surface area contributed by atoms with Gasteiger partial charge in [-0.25, -0.2) is 9.97 Å². The van der Waals surface area contributed by atoms with E-state index in [0.29, 0.717) is 5.82 Å². The third-order valence-corrected chi connectivity index (χ3v) is 2.43. The molecule has 0 saturated carbocycles. The SMILES string of the molecule is Cc1nc(-c2cccnc2)ncc1[C@H](C)N. The van der Waals surface area contributed by atoms with Crippen molar-refractivity contribution in [2.75, 3.05) is 0 Å². The van der Waals surface area contributed by atoms with Crippen molar-refractivity contribution >= 4 is 0 Å². The van der Waals surface area contributed by atoms with Crippen molar-refractivity contribution in [3.63, 3.8) is 0 Å². The van der Waals surface area contributed by atoms with Crippen molar-refractivity contribution in [1.29, 1.82) is 0 Å². The number of rotatable bonds is 2. The molecule has 0 aromatic carbocycles. The van der Waals surface area contributed by atoms with E-state index in [4.69, 9.17) is 5.73 Å². The van der Waals surface area contributed by atoms with Crippen LogP contribution in [-0.4, -0.2) is 15.0 Å². The van der Waals surface area contributed by atoms with Gasteiger partial charge in [-0.1, -0.05) is 0 Å². The van der Waals surface area contributed by atoms with Gasteiger partial charge in [0.05, 0.1) is 0 Å². The van der Waals surface area contributed by atoms with Gasteiger partial charge in [-0.3, -0.25) is 4.98 Å². The zero-order valence-electron chi connectivity index (χ0n) is 9.38. The van der Waals surface area contributed by atoms with E-state index in [1.807, 2.05) is 26.0 Å². The molecule has 0 spiro atoms. The summed E-state index contributed by atoms with van der Waals surface area (Å²) in [5.74, 6) is 0.690. The third-order valence-electron chi connectivity index (χ3n) is 2.43. The van der Waals surface area contributed by atoms with Crippen molar-refractivity contribution in [3.05, 3.63) is 42.0 Å². The Morgan fingerprint density at radius 3 is 2.69 bits per heavy atom. The van der Waals surface area contributed by atoms with E-state index in [0.717, 1.165) is 16.8 Å². The van der Waals surface area contributed by atoms with Crippen LogP contribution in [0.1, 0.15) is 24.2 Å². The average molecular weight is 214 g/mol. The Morgan fingerprint density at radius 1 is 1.31 bits per heavy atom. The molecule has 0 amide bonds. The van der Waals surface area contributed by atoms with Crippen LogP contribution in [0.2, 0.25) is 0 Å². The Labute approximate surface area is 94.6 Å². The molecule has 4 heteroatoms. The first-order chi connectivity index (χ1) is 7.68. The predicted molar refractivity (Wildman–Crippen MR) is 62.6 cm³/mol. The fourth-order valence-corrected chi connectivity index (χ4v) is 1.56. The molecule has 0 unspecified atom stereocenters. The molecule has 82 valence electrons. The topological polar surface area (TPSA) is 64.7 Å². The third kappa shape index (κ3) is 2.06. The maximum atomic E-state index is 5.81. The fourth-order valence-electron chi connectivity index (χ4n) is 1.56. The molecule has 16 heavy (non-hydrogen) atoms. The Morgan fingerprint density at radius 2 is 2.12 bits per heavy atom. The molecule has 2 heterocycles. The molecule has 0 radical (unpaired) electrons. The van der Waals surface area contributed by atoms with Crippen LogP contribution >= 0.6 is 0 Å². The minimum absolute atomic E-state index is 0.0389. The molecular weight excluding hydrogens is 200 g/mol. The van der Waals surface area contributed by atoms with Gasteiger partial charge in [-0.05, 0) is 26.0 Å². The van der Waals surface area contributed by atoms with Crippen molar-refractivity contribution in [2.45, 2.75) is 19.9 Å². The minimum atomic E-state index is -0.0389. The number of aryl methyl sites for hydroxylation is 1. The van der Waals surface area contributed by atoms with Crippen LogP contribution in [0.25, 0.3) is 11.4 Å². The molecule has 4 nitrogen and oxygen atoms in total. The Hall–Kier alpha value is -1.81. The van der Waals surface area contributed by atoms with Crippen molar-refractivity contribution in [2.24, 2.45) is 5.73 Å². The second-order valence-corrected chi connectivity index (χ2v) is 3.76. The molecule has 2 N–H and O–H groups in total. The second kappa shape index (κ2) is 4.37. The molecule has 0 aliphatic rings. The summed E-state index contributed by atoms with van der Waals surface area (Å²) in [7, 11) is 0. The highest BCUT2D eigenvalue weighted by molar-refractivity contribution is 5.53. The summed E-state index contributed by atoms with van der Waals surface area (Å²) in [6.07, 6.45) is 5.27. The number of hydrogen-bond donors (Lipinski definition) is 1. The summed E-state index contributed by atoms with van der Waals surface area (Å²) >= 11 is 0. The lowest BCUT2D eigenvalue weighted by molar-refractivity contribution is 0.790. The highest BCUT2D eigenvalue weighted by Crippen LogP contribution is 2.17. The largest absolute Gasteiger partial charge is 0.324 e. The second-order valence-electron chi connectivity index (χ2n) is 3.76. The summed E-state index contributed by atoms with van der Waals surface area (Å²) in [5, 5.41) is 0. The van der Waals surface area contributed by atoms with Gasteiger partial charge in [0.1, 0.15) is 0 Å². The van der Waals surface area contributed by atoms with Crippen LogP contribution in [0.15, 0.2) is 30.7 Å². The van der Waals surface area contributed by atoms with Crippen LogP contribution in [0.5, 0.6) is 0 Å². The lowest BCUT2D eigenvalue weighted by atomic mass is 10.1. The van der Waals surface area contributed by atoms with E-state index in [9.17, 15) is 0 Å². The van der Waals surface area contributed by atoms with Gasteiger partial charge < -0.3 is 5.73 Å². The highest BCUT2D eigenvalue weighted by Gasteiger charge is 2.08. The number of nitrogens with zero attached hydrogens (tertiary/aromatic N) is 3. The zero-order chi connectivity index (χ0) is 11.5. The monoisotopic (exact) mass is 214 g/mol.